The van der Waals surface area contributed by atoms with Gasteiger partial charge < -0.3 is 20.1 Å². The summed E-state index contributed by atoms with van der Waals surface area (Å²) in [5.41, 5.74) is 2.43. The molecule has 0 aliphatic heterocycles. The second kappa shape index (κ2) is 13.1. The first-order chi connectivity index (χ1) is 22.7. The largest absolute Gasteiger partial charge is 0.393 e. The summed E-state index contributed by atoms with van der Waals surface area (Å²) in [5, 5.41) is 34.1. The molecule has 0 saturated heterocycles. The van der Waals surface area contributed by atoms with Crippen molar-refractivity contribution in [2.45, 2.75) is 102 Å². The topological polar surface area (TPSA) is 69.9 Å². The van der Waals surface area contributed by atoms with Crippen LogP contribution in [-0.2, 0) is 10.3 Å². The number of hydrogen-bond donors (Lipinski definition) is 3. The Balaban J connectivity index is 1.08. The van der Waals surface area contributed by atoms with E-state index in [1.54, 1.807) is 0 Å². The van der Waals surface area contributed by atoms with Gasteiger partial charge in [-0.3, -0.25) is 0 Å². The molecule has 250 valence electrons. The molecule has 0 bridgehead atoms. The molecule has 4 nitrogen and oxygen atoms in total. The van der Waals surface area contributed by atoms with Crippen LogP contribution in [0.25, 0.3) is 0 Å². The van der Waals surface area contributed by atoms with Crippen LogP contribution in [0, 0.1) is 46.3 Å². The van der Waals surface area contributed by atoms with Crippen molar-refractivity contribution in [1.29, 1.82) is 0 Å². The Morgan fingerprint density at radius 1 is 0.766 bits per heavy atom. The summed E-state index contributed by atoms with van der Waals surface area (Å²) in [4.78, 5) is 0. The van der Waals surface area contributed by atoms with E-state index in [1.165, 1.54) is 11.8 Å². The molecule has 4 aliphatic carbocycles. The summed E-state index contributed by atoms with van der Waals surface area (Å²) in [6.45, 7) is 7.70. The number of hydrogen-bond acceptors (Lipinski definition) is 4. The van der Waals surface area contributed by atoms with E-state index in [0.29, 0.717) is 31.3 Å². The van der Waals surface area contributed by atoms with Crippen molar-refractivity contribution in [3.05, 3.63) is 120 Å². The monoisotopic (exact) mass is 634 g/mol. The van der Waals surface area contributed by atoms with Gasteiger partial charge in [-0.1, -0.05) is 112 Å². The minimum atomic E-state index is -0.707. The van der Waals surface area contributed by atoms with Gasteiger partial charge in [0, 0.05) is 17.9 Å². The first-order valence-corrected chi connectivity index (χ1v) is 18.3. The highest BCUT2D eigenvalue weighted by Gasteiger charge is 2.66. The Hall–Kier alpha value is -2.50. The molecular formula is C43H54O4. The van der Waals surface area contributed by atoms with Crippen molar-refractivity contribution in [3.63, 3.8) is 0 Å². The predicted molar refractivity (Wildman–Crippen MR) is 187 cm³/mol. The highest BCUT2D eigenvalue weighted by molar-refractivity contribution is 5.47. The van der Waals surface area contributed by atoms with E-state index in [0.717, 1.165) is 61.6 Å². The van der Waals surface area contributed by atoms with E-state index in [1.807, 2.05) is 0 Å². The third-order valence-electron chi connectivity index (χ3n) is 13.5. The minimum absolute atomic E-state index is 0.0140. The first kappa shape index (κ1) is 33.0. The average Bonchev–Trinajstić information content (AvgIpc) is 3.45. The quantitative estimate of drug-likeness (QED) is 0.164. The molecule has 3 aromatic rings. The van der Waals surface area contributed by atoms with Crippen molar-refractivity contribution in [2.24, 2.45) is 34.5 Å². The average molecular weight is 635 g/mol. The molecule has 9 unspecified atom stereocenters. The Kier molecular flexibility index (Phi) is 9.19. The summed E-state index contributed by atoms with van der Waals surface area (Å²) in [7, 11) is 0. The van der Waals surface area contributed by atoms with Crippen molar-refractivity contribution >= 4 is 0 Å². The van der Waals surface area contributed by atoms with Gasteiger partial charge in [-0.05, 0) is 109 Å². The molecule has 2 radical (unpaired) electrons. The third kappa shape index (κ3) is 5.52. The minimum Gasteiger partial charge on any atom is -0.393 e. The molecule has 47 heavy (non-hydrogen) atoms. The van der Waals surface area contributed by atoms with Crippen LogP contribution < -0.4 is 0 Å². The Morgan fingerprint density at radius 3 is 1.91 bits per heavy atom. The van der Waals surface area contributed by atoms with E-state index in [4.69, 9.17) is 4.74 Å². The maximum absolute atomic E-state index is 12.0. The number of aliphatic hydroxyl groups is 3. The number of benzene rings is 3. The van der Waals surface area contributed by atoms with E-state index >= 15 is 0 Å². The zero-order valence-corrected chi connectivity index (χ0v) is 28.5. The highest BCUT2D eigenvalue weighted by atomic mass is 16.5. The fourth-order valence-electron chi connectivity index (χ4n) is 11.0. The van der Waals surface area contributed by atoms with Crippen molar-refractivity contribution < 1.29 is 20.1 Å². The lowest BCUT2D eigenvalue weighted by molar-refractivity contribution is -0.121. The predicted octanol–water partition coefficient (Wildman–Crippen LogP) is 8.29. The Morgan fingerprint density at radius 2 is 1.34 bits per heavy atom. The van der Waals surface area contributed by atoms with Gasteiger partial charge in [0.25, 0.3) is 0 Å². The summed E-state index contributed by atoms with van der Waals surface area (Å²) >= 11 is 0. The van der Waals surface area contributed by atoms with E-state index in [9.17, 15) is 15.3 Å². The molecule has 4 heteroatoms. The van der Waals surface area contributed by atoms with Crippen molar-refractivity contribution in [3.8, 4) is 0 Å². The van der Waals surface area contributed by atoms with Crippen LogP contribution in [-0.4, -0.2) is 40.2 Å². The second-order valence-corrected chi connectivity index (χ2v) is 15.8. The lowest BCUT2D eigenvalue weighted by Gasteiger charge is -2.63. The van der Waals surface area contributed by atoms with Gasteiger partial charge in [0.05, 0.1) is 18.3 Å². The second-order valence-electron chi connectivity index (χ2n) is 15.8. The molecular weight excluding hydrogens is 580 g/mol. The van der Waals surface area contributed by atoms with E-state index in [2.05, 4.69) is 112 Å². The van der Waals surface area contributed by atoms with Gasteiger partial charge in [0.2, 0.25) is 0 Å². The molecule has 0 heterocycles. The van der Waals surface area contributed by atoms with Gasteiger partial charge in [-0.15, -0.1) is 0 Å². The van der Waals surface area contributed by atoms with Crippen LogP contribution in [0.1, 0.15) is 95.2 Å². The molecule has 0 spiro atoms. The van der Waals surface area contributed by atoms with Crippen LogP contribution in [0.15, 0.2) is 91.0 Å². The summed E-state index contributed by atoms with van der Waals surface area (Å²) < 4.78 is 7.10. The number of fused-ring (bicyclic) bond motifs is 5. The van der Waals surface area contributed by atoms with Crippen molar-refractivity contribution in [2.75, 3.05) is 6.61 Å². The third-order valence-corrected chi connectivity index (χ3v) is 13.5. The number of aliphatic hydroxyl groups excluding tert-OH is 3. The SMILES string of the molecule is CC(CCCOC(c1ccccc1)(c1ccccc1)c1ccccc1)C1CCC2[C]3C(O)C[C]4CC(O)CCC4(C)C3CC(O)C21C. The smallest absolute Gasteiger partial charge is 0.143 e. The maximum Gasteiger partial charge on any atom is 0.143 e. The highest BCUT2D eigenvalue weighted by Crippen LogP contribution is 2.69. The zero-order valence-electron chi connectivity index (χ0n) is 28.5. The van der Waals surface area contributed by atoms with Crippen LogP contribution >= 0.6 is 0 Å². The number of ether oxygens (including phenoxy) is 1. The fraction of sp³-hybridized carbons (Fsp3) is 0.535. The molecule has 3 N–H and O–H groups in total. The van der Waals surface area contributed by atoms with Gasteiger partial charge in [0.1, 0.15) is 5.60 Å². The molecule has 4 fully saturated rings. The molecule has 3 aromatic carbocycles. The molecule has 4 saturated carbocycles. The van der Waals surface area contributed by atoms with E-state index in [-0.39, 0.29) is 34.9 Å². The van der Waals surface area contributed by atoms with Crippen LogP contribution in [0.5, 0.6) is 0 Å². The molecule has 9 atom stereocenters. The number of rotatable bonds is 9. The molecule has 0 aromatic heterocycles. The van der Waals surface area contributed by atoms with Crippen LogP contribution in [0.2, 0.25) is 0 Å². The molecule has 7 rings (SSSR count). The van der Waals surface area contributed by atoms with Crippen LogP contribution in [0.4, 0.5) is 0 Å². The lowest BCUT2D eigenvalue weighted by Crippen LogP contribution is -2.61. The van der Waals surface area contributed by atoms with Crippen LogP contribution in [0.3, 0.4) is 0 Å². The Bertz CT molecular complexity index is 1360. The fourth-order valence-corrected chi connectivity index (χ4v) is 11.0. The summed E-state index contributed by atoms with van der Waals surface area (Å²) in [6, 6.07) is 31.8. The van der Waals surface area contributed by atoms with Gasteiger partial charge in [0.15, 0.2) is 0 Å². The zero-order chi connectivity index (χ0) is 32.8. The normalized spacial score (nSPS) is 35.1. The van der Waals surface area contributed by atoms with Gasteiger partial charge >= 0.3 is 0 Å². The van der Waals surface area contributed by atoms with E-state index < -0.39 is 11.7 Å². The van der Waals surface area contributed by atoms with Crippen molar-refractivity contribution in [1.82, 2.24) is 0 Å². The van der Waals surface area contributed by atoms with Gasteiger partial charge in [-0.2, -0.15) is 0 Å². The Labute approximate surface area is 282 Å². The molecule has 4 aliphatic rings. The maximum atomic E-state index is 12.0. The standard InChI is InChI=1S/C43H54O4/c1-29(14-13-25-47-43(30-15-7-4-8-16-30,31-17-9-5-10-18-31)32-19-11-6-12-20-32)35-21-22-36-40-37(28-39(46)42(35,36)3)41(2)24-23-34(44)26-33(41)27-38(40)45/h4-12,15-20,29,34-39,44-46H,13-14,21-28H2,1-3H3. The van der Waals surface area contributed by atoms with Gasteiger partial charge in [-0.25, -0.2) is 0 Å². The molecule has 0 amide bonds. The summed E-state index contributed by atoms with van der Waals surface area (Å²) in [5.74, 6) is 3.96. The summed E-state index contributed by atoms with van der Waals surface area (Å²) in [6.07, 6.45) is 6.89. The lowest BCUT2D eigenvalue weighted by atomic mass is 9.43. The first-order valence-electron chi connectivity index (χ1n) is 18.3.